The van der Waals surface area contributed by atoms with E-state index >= 15 is 0 Å². The highest BCUT2D eigenvalue weighted by Crippen LogP contribution is 2.54. The third-order valence-corrected chi connectivity index (χ3v) is 6.74. The molecule has 1 aliphatic rings. The van der Waals surface area contributed by atoms with Crippen LogP contribution in [0.3, 0.4) is 0 Å². The highest BCUT2D eigenvalue weighted by molar-refractivity contribution is 7.99. The fourth-order valence-electron chi connectivity index (χ4n) is 3.71. The van der Waals surface area contributed by atoms with Crippen LogP contribution < -0.4 is 9.47 Å². The Morgan fingerprint density at radius 2 is 1.56 bits per heavy atom. The third kappa shape index (κ3) is 4.39. The van der Waals surface area contributed by atoms with Gasteiger partial charge in [-0.3, -0.25) is 0 Å². The van der Waals surface area contributed by atoms with Crippen LogP contribution in [0.4, 0.5) is 0 Å². The fourth-order valence-corrected chi connectivity index (χ4v) is 4.99. The average molecular weight is 445 g/mol. The van der Waals surface area contributed by atoms with Crippen LogP contribution >= 0.6 is 11.8 Å². The van der Waals surface area contributed by atoms with Crippen molar-refractivity contribution in [2.24, 2.45) is 0 Å². The van der Waals surface area contributed by atoms with E-state index < -0.39 is 0 Å². The summed E-state index contributed by atoms with van der Waals surface area (Å²) in [6.07, 6.45) is -0.268. The van der Waals surface area contributed by atoms with Gasteiger partial charge in [-0.15, -0.1) is 11.8 Å². The number of hydrogen-bond donors (Lipinski definition) is 2. The molecule has 4 aromatic carbocycles. The van der Waals surface area contributed by atoms with Crippen molar-refractivity contribution in [1.29, 1.82) is 1.43 Å². The van der Waals surface area contributed by atoms with E-state index in [0.29, 0.717) is 12.4 Å². The highest BCUT2D eigenvalue weighted by atomic mass is 32.2. The van der Waals surface area contributed by atoms with Crippen molar-refractivity contribution in [2.75, 3.05) is 0 Å². The Kier molecular flexibility index (Phi) is 5.32. The second kappa shape index (κ2) is 8.89. The van der Waals surface area contributed by atoms with Crippen molar-refractivity contribution in [1.82, 2.24) is 0 Å². The van der Waals surface area contributed by atoms with Crippen molar-refractivity contribution in [2.45, 2.75) is 22.9 Å². The molecule has 2 N–H and O–H groups in total. The van der Waals surface area contributed by atoms with E-state index in [-0.39, 0.29) is 17.1 Å². The molecule has 2 atom stereocenters. The van der Waals surface area contributed by atoms with Crippen LogP contribution in [0.1, 0.15) is 28.0 Å². The first-order valence-corrected chi connectivity index (χ1v) is 11.2. The molecule has 0 amide bonds. The molecule has 160 valence electrons. The van der Waals surface area contributed by atoms with Gasteiger partial charge in [-0.2, -0.15) is 0 Å². The summed E-state index contributed by atoms with van der Waals surface area (Å²) in [6.45, 7) is 0.487. The zero-order valence-corrected chi connectivity index (χ0v) is 18.0. The lowest BCUT2D eigenvalue weighted by Gasteiger charge is -2.34. The number of hydrogen-bond acceptors (Lipinski definition) is 5. The molecule has 1 heterocycles. The number of ether oxygens (including phenoxy) is 2. The fraction of sp³-hybridized carbons (Fsp3) is 0.111. The van der Waals surface area contributed by atoms with E-state index in [9.17, 15) is 5.11 Å². The Labute approximate surface area is 192 Å². The summed E-state index contributed by atoms with van der Waals surface area (Å²) in [5.74, 6) is 2.22. The second-order valence-electron chi connectivity index (χ2n) is 7.62. The standard InChI is InChI=1S/C27H22O4S/c28-21-10-6-19(7-11-21)26-27(20-8-12-22(29)13-9-20)32-25-15-14-23(16-24(25)31-26)30-17-18-4-2-1-3-5-18/h1-16,26-29H,17H2/t26-,27+/m1/s1/i/hT. The van der Waals surface area contributed by atoms with Crippen LogP contribution in [0, 0.1) is 0 Å². The zero-order chi connectivity index (χ0) is 22.6. The number of benzene rings is 4. The largest absolute Gasteiger partial charge is 0.508 e. The number of phenols is 2. The number of aromatic hydroxyl groups is 2. The molecule has 5 rings (SSSR count). The molecule has 4 nitrogen and oxygen atoms in total. The van der Waals surface area contributed by atoms with Crippen LogP contribution in [0.2, 0.25) is 0 Å². The maximum Gasteiger partial charge on any atom is 0.293 e. The summed E-state index contributed by atoms with van der Waals surface area (Å²) in [5, 5.41) is 14.3. The maximum absolute atomic E-state index is 9.75. The molecule has 4 aromatic rings. The Morgan fingerprint density at radius 3 is 2.31 bits per heavy atom. The number of fused-ring (bicyclic) bond motifs is 1. The monoisotopic (exact) mass is 444 g/mol. The number of rotatable bonds is 6. The van der Waals surface area contributed by atoms with Crippen LogP contribution in [0.25, 0.3) is 0 Å². The first-order chi connectivity index (χ1) is 16.2. The molecule has 0 radical (unpaired) electrons. The molecular weight excluding hydrogens is 420 g/mol. The molecule has 0 aromatic heterocycles. The van der Waals surface area contributed by atoms with Crippen molar-refractivity contribution in [3.05, 3.63) is 114 Å². The van der Waals surface area contributed by atoms with Crippen molar-refractivity contribution in [3.63, 3.8) is 0 Å². The average Bonchev–Trinajstić information content (AvgIpc) is 2.88. The van der Waals surface area contributed by atoms with Gasteiger partial charge >= 0.3 is 0 Å². The maximum atomic E-state index is 9.75. The van der Waals surface area contributed by atoms with E-state index in [1.807, 2.05) is 72.8 Å². The minimum atomic E-state index is -0.268. The minimum absolute atomic E-state index is 0.0158. The first kappa shape index (κ1) is 19.1. The summed E-state index contributed by atoms with van der Waals surface area (Å²) < 4.78 is 19.6. The SMILES string of the molecule is [3H]Oc1ccc([C@@H]2Sc3ccc(OCc4ccccc4)cc3O[C@@H]2c2ccc(O)cc2)cc1. The highest BCUT2D eigenvalue weighted by Gasteiger charge is 2.33. The number of phenolic OH excluding ortho intramolecular Hbond substituents is 2. The van der Waals surface area contributed by atoms with Gasteiger partial charge in [-0.25, -0.2) is 0 Å². The zero-order valence-electron chi connectivity index (χ0n) is 18.2. The second-order valence-corrected chi connectivity index (χ2v) is 8.80. The van der Waals surface area contributed by atoms with Gasteiger partial charge in [0.15, 0.2) is 0 Å². The quantitative estimate of drug-likeness (QED) is 0.349. The molecule has 0 fully saturated rings. The molecule has 0 bridgehead atoms. The van der Waals surface area contributed by atoms with Gasteiger partial charge in [0.1, 0.15) is 35.7 Å². The molecule has 0 unspecified atom stereocenters. The minimum Gasteiger partial charge on any atom is -0.508 e. The van der Waals surface area contributed by atoms with E-state index in [4.69, 9.17) is 10.9 Å². The topological polar surface area (TPSA) is 58.9 Å². The van der Waals surface area contributed by atoms with Crippen LogP contribution in [0.5, 0.6) is 23.0 Å². The summed E-state index contributed by atoms with van der Waals surface area (Å²) in [4.78, 5) is 1.03. The van der Waals surface area contributed by atoms with Crippen molar-refractivity contribution in [3.8, 4) is 23.0 Å². The molecule has 5 heteroatoms. The predicted molar refractivity (Wildman–Crippen MR) is 125 cm³/mol. The van der Waals surface area contributed by atoms with Gasteiger partial charge in [0, 0.05) is 6.07 Å². The molecule has 0 aliphatic carbocycles. The van der Waals surface area contributed by atoms with E-state index in [1.165, 1.54) is 0 Å². The molecule has 0 saturated heterocycles. The van der Waals surface area contributed by atoms with Gasteiger partial charge in [-0.05, 0) is 53.1 Å². The smallest absolute Gasteiger partial charge is 0.293 e. The molecule has 32 heavy (non-hydrogen) atoms. The summed E-state index contributed by atoms with van der Waals surface area (Å²) in [5.41, 5.74) is 3.13. The van der Waals surface area contributed by atoms with E-state index in [1.54, 1.807) is 36.0 Å². The molecule has 0 saturated carbocycles. The van der Waals surface area contributed by atoms with Crippen LogP contribution in [-0.2, 0) is 6.61 Å². The van der Waals surface area contributed by atoms with Crippen molar-refractivity contribution < 1.29 is 19.7 Å². The predicted octanol–water partition coefficient (Wildman–Crippen LogP) is 6.64. The Morgan fingerprint density at radius 1 is 0.844 bits per heavy atom. The van der Waals surface area contributed by atoms with Crippen LogP contribution in [-0.4, -0.2) is 11.6 Å². The Balaban J connectivity index is 1.44. The lowest BCUT2D eigenvalue weighted by molar-refractivity contribution is 0.189. The summed E-state index contributed by atoms with van der Waals surface area (Å²) in [7, 11) is 0. The lowest BCUT2D eigenvalue weighted by atomic mass is 10.00. The molecule has 0 spiro atoms. The van der Waals surface area contributed by atoms with Crippen LogP contribution in [0.15, 0.2) is 102 Å². The first-order valence-electron chi connectivity index (χ1n) is 10.8. The summed E-state index contributed by atoms with van der Waals surface area (Å²) >= 11 is 1.72. The normalized spacial score (nSPS) is 17.6. The number of thioether (sulfide) groups is 1. The Bertz CT molecular complexity index is 1210. The van der Waals surface area contributed by atoms with Gasteiger partial charge in [0.25, 0.3) is 1.43 Å². The van der Waals surface area contributed by atoms with Gasteiger partial charge in [-0.1, -0.05) is 54.6 Å². The van der Waals surface area contributed by atoms with E-state index in [2.05, 4.69) is 5.11 Å². The lowest BCUT2D eigenvalue weighted by Crippen LogP contribution is -2.19. The van der Waals surface area contributed by atoms with Gasteiger partial charge in [0.05, 0.1) is 10.1 Å². The van der Waals surface area contributed by atoms with Gasteiger partial charge < -0.3 is 19.7 Å². The molecular formula is C27H22O4S. The Hall–Kier alpha value is -3.57. The summed E-state index contributed by atoms with van der Waals surface area (Å²) in [6, 6.07) is 30.6. The third-order valence-electron chi connectivity index (χ3n) is 5.38. The van der Waals surface area contributed by atoms with Gasteiger partial charge in [0.2, 0.25) is 0 Å². The van der Waals surface area contributed by atoms with Crippen molar-refractivity contribution >= 4 is 11.8 Å². The molecule has 1 aliphatic heterocycles. The van der Waals surface area contributed by atoms with E-state index in [0.717, 1.165) is 33.1 Å².